The highest BCUT2D eigenvalue weighted by Crippen LogP contribution is 2.34. The van der Waals surface area contributed by atoms with Crippen molar-refractivity contribution in [3.05, 3.63) is 57.9 Å². The summed E-state index contributed by atoms with van der Waals surface area (Å²) in [6, 6.07) is 5.27. The van der Waals surface area contributed by atoms with Crippen LogP contribution >= 0.6 is 0 Å². The van der Waals surface area contributed by atoms with Crippen LogP contribution in [0.15, 0.2) is 42.2 Å². The predicted molar refractivity (Wildman–Crippen MR) is 71.1 cm³/mol. The Bertz CT molecular complexity index is 605. The molecule has 1 aromatic rings. The molecule has 0 bridgehead atoms. The number of nitrogens with one attached hydrogen (secondary N) is 1. The molecule has 1 aromatic carbocycles. The number of hydrogen-bond acceptors (Lipinski definition) is 5. The number of aliphatic carboxylic acids is 1. The Morgan fingerprint density at radius 2 is 2.35 bits per heavy atom. The van der Waals surface area contributed by atoms with E-state index in [1.54, 1.807) is 18.2 Å². The van der Waals surface area contributed by atoms with Gasteiger partial charge in [0.2, 0.25) is 0 Å². The highest BCUT2D eigenvalue weighted by molar-refractivity contribution is 5.86. The molecule has 1 aliphatic rings. The molecule has 0 aromatic heterocycles. The van der Waals surface area contributed by atoms with Crippen molar-refractivity contribution in [1.82, 2.24) is 0 Å². The van der Waals surface area contributed by atoms with E-state index in [-0.39, 0.29) is 12.3 Å². The third-order valence-electron chi connectivity index (χ3n) is 2.78. The zero-order chi connectivity index (χ0) is 14.7. The Morgan fingerprint density at radius 1 is 1.60 bits per heavy atom. The topological polar surface area (TPSA) is 102 Å². The van der Waals surface area contributed by atoms with Crippen molar-refractivity contribution in [2.75, 3.05) is 11.9 Å². The molecule has 0 amide bonds. The molecule has 104 valence electrons. The number of hydrogen-bond donors (Lipinski definition) is 2. The number of carbonyl (C=O) groups is 1. The molecule has 1 heterocycles. The number of rotatable bonds is 4. The van der Waals surface area contributed by atoms with E-state index in [9.17, 15) is 14.9 Å². The minimum Gasteiger partial charge on any atom is -0.485 e. The van der Waals surface area contributed by atoms with Crippen LogP contribution in [0, 0.1) is 10.1 Å². The maximum absolute atomic E-state index is 10.9. The zero-order valence-electron chi connectivity index (χ0n) is 10.5. The van der Waals surface area contributed by atoms with Crippen molar-refractivity contribution in [3.63, 3.8) is 0 Å². The van der Waals surface area contributed by atoms with Crippen LogP contribution in [-0.4, -0.2) is 22.6 Å². The molecule has 1 aliphatic heterocycles. The second-order valence-corrected chi connectivity index (χ2v) is 4.09. The number of nitrogens with zero attached hydrogens (tertiary/aromatic N) is 1. The second-order valence-electron chi connectivity index (χ2n) is 4.09. The van der Waals surface area contributed by atoms with Crippen LogP contribution < -0.4 is 10.1 Å². The summed E-state index contributed by atoms with van der Waals surface area (Å²) in [7, 11) is 0. The van der Waals surface area contributed by atoms with E-state index in [0.717, 1.165) is 5.56 Å². The van der Waals surface area contributed by atoms with E-state index in [4.69, 9.17) is 9.84 Å². The SMILES string of the molecule is C=CCc1cccc2c1OCC(=C(C(=O)O)[N+](=O)[O-])N2. The highest BCUT2D eigenvalue weighted by atomic mass is 16.6. The Morgan fingerprint density at radius 3 is 2.95 bits per heavy atom. The number of nitro groups is 1. The number of fused-ring (bicyclic) bond motifs is 1. The summed E-state index contributed by atoms with van der Waals surface area (Å²) < 4.78 is 5.47. The van der Waals surface area contributed by atoms with Gasteiger partial charge in [-0.3, -0.25) is 10.1 Å². The van der Waals surface area contributed by atoms with Gasteiger partial charge < -0.3 is 15.2 Å². The van der Waals surface area contributed by atoms with Crippen LogP contribution in [0.2, 0.25) is 0 Å². The average molecular weight is 276 g/mol. The standard InChI is InChI=1S/C13H12N2O5/c1-2-4-8-5-3-6-9-12(8)20-7-10(14-9)11(13(16)17)15(18)19/h2-3,5-6,14H,1,4,7H2,(H,16,17). The molecule has 0 saturated heterocycles. The summed E-state index contributed by atoms with van der Waals surface area (Å²) in [5.41, 5.74) is 0.392. The maximum atomic E-state index is 10.9. The molecule has 0 fully saturated rings. The molecule has 7 nitrogen and oxygen atoms in total. The first kappa shape index (κ1) is 13.6. The van der Waals surface area contributed by atoms with Crippen molar-refractivity contribution in [3.8, 4) is 5.75 Å². The van der Waals surface area contributed by atoms with Crippen LogP contribution in [0.1, 0.15) is 5.56 Å². The lowest BCUT2D eigenvalue weighted by Gasteiger charge is -2.23. The van der Waals surface area contributed by atoms with Crippen molar-refractivity contribution >= 4 is 11.7 Å². The molecule has 2 N–H and O–H groups in total. The van der Waals surface area contributed by atoms with Gasteiger partial charge in [-0.1, -0.05) is 18.2 Å². The summed E-state index contributed by atoms with van der Waals surface area (Å²) in [4.78, 5) is 20.8. The van der Waals surface area contributed by atoms with Gasteiger partial charge >= 0.3 is 11.7 Å². The van der Waals surface area contributed by atoms with Crippen molar-refractivity contribution in [2.24, 2.45) is 0 Å². The zero-order valence-corrected chi connectivity index (χ0v) is 10.5. The fourth-order valence-corrected chi connectivity index (χ4v) is 1.96. The maximum Gasteiger partial charge on any atom is 0.409 e. The molecular weight excluding hydrogens is 264 g/mol. The van der Waals surface area contributed by atoms with Gasteiger partial charge in [0, 0.05) is 5.56 Å². The van der Waals surface area contributed by atoms with Crippen molar-refractivity contribution in [1.29, 1.82) is 0 Å². The van der Waals surface area contributed by atoms with E-state index in [0.29, 0.717) is 17.9 Å². The number of carboxylic acids is 1. The molecule has 0 spiro atoms. The van der Waals surface area contributed by atoms with Gasteiger partial charge in [-0.05, 0) is 12.5 Å². The third-order valence-corrected chi connectivity index (χ3v) is 2.78. The number of ether oxygens (including phenoxy) is 1. The summed E-state index contributed by atoms with van der Waals surface area (Å²) >= 11 is 0. The first-order chi connectivity index (χ1) is 9.54. The van der Waals surface area contributed by atoms with Gasteiger partial charge in [0.25, 0.3) is 0 Å². The van der Waals surface area contributed by atoms with E-state index in [1.165, 1.54) is 0 Å². The lowest BCUT2D eigenvalue weighted by atomic mass is 10.1. The molecule has 2 rings (SSSR count). The van der Waals surface area contributed by atoms with E-state index >= 15 is 0 Å². The van der Waals surface area contributed by atoms with Gasteiger partial charge in [0.05, 0.1) is 10.6 Å². The minimum absolute atomic E-state index is 0.0780. The molecule has 7 heteroatoms. The Labute approximate surface area is 114 Å². The van der Waals surface area contributed by atoms with Crippen molar-refractivity contribution < 1.29 is 19.6 Å². The quantitative estimate of drug-likeness (QED) is 0.376. The van der Waals surface area contributed by atoms with Crippen LogP contribution in [0.25, 0.3) is 0 Å². The van der Waals surface area contributed by atoms with E-state index < -0.39 is 16.6 Å². The monoisotopic (exact) mass is 276 g/mol. The first-order valence-electron chi connectivity index (χ1n) is 5.78. The fraction of sp³-hybridized carbons (Fsp3) is 0.154. The molecular formula is C13H12N2O5. The number of carboxylic acid groups (broad SMARTS) is 1. The average Bonchev–Trinajstić information content (AvgIpc) is 2.38. The summed E-state index contributed by atoms with van der Waals surface area (Å²) in [5, 5.41) is 22.4. The summed E-state index contributed by atoms with van der Waals surface area (Å²) in [5.74, 6) is -1.05. The summed E-state index contributed by atoms with van der Waals surface area (Å²) in [6.07, 6.45) is 2.30. The van der Waals surface area contributed by atoms with E-state index in [2.05, 4.69) is 11.9 Å². The van der Waals surface area contributed by atoms with Gasteiger partial charge in [-0.2, -0.15) is 0 Å². The Balaban J connectivity index is 2.43. The van der Waals surface area contributed by atoms with Gasteiger partial charge in [-0.25, -0.2) is 4.79 Å². The highest BCUT2D eigenvalue weighted by Gasteiger charge is 2.30. The minimum atomic E-state index is -1.60. The fourth-order valence-electron chi connectivity index (χ4n) is 1.96. The Hall–Kier alpha value is -2.83. The van der Waals surface area contributed by atoms with Crippen LogP contribution in [0.5, 0.6) is 5.75 Å². The lowest BCUT2D eigenvalue weighted by Crippen LogP contribution is -2.25. The number of para-hydroxylation sites is 1. The molecule has 0 atom stereocenters. The molecule has 0 saturated carbocycles. The molecule has 20 heavy (non-hydrogen) atoms. The molecule has 0 aliphatic carbocycles. The van der Waals surface area contributed by atoms with Gasteiger partial charge in [-0.15, -0.1) is 6.58 Å². The molecule has 0 radical (unpaired) electrons. The van der Waals surface area contributed by atoms with Gasteiger partial charge in [0.1, 0.15) is 18.1 Å². The first-order valence-corrected chi connectivity index (χ1v) is 5.78. The Kier molecular flexibility index (Phi) is 3.69. The van der Waals surface area contributed by atoms with Crippen LogP contribution in [-0.2, 0) is 11.2 Å². The number of anilines is 1. The van der Waals surface area contributed by atoms with Crippen LogP contribution in [0.4, 0.5) is 5.69 Å². The largest absolute Gasteiger partial charge is 0.485 e. The summed E-state index contributed by atoms with van der Waals surface area (Å²) in [6.45, 7) is 3.45. The van der Waals surface area contributed by atoms with E-state index in [1.807, 2.05) is 6.07 Å². The number of benzene rings is 1. The number of allylic oxidation sites excluding steroid dienone is 1. The van der Waals surface area contributed by atoms with Crippen molar-refractivity contribution in [2.45, 2.75) is 6.42 Å². The molecule has 0 unspecified atom stereocenters. The van der Waals surface area contributed by atoms with Gasteiger partial charge in [0.15, 0.2) is 0 Å². The smallest absolute Gasteiger partial charge is 0.409 e. The van der Waals surface area contributed by atoms with Crippen LogP contribution in [0.3, 0.4) is 0 Å². The third kappa shape index (κ3) is 2.46. The second kappa shape index (κ2) is 5.43. The predicted octanol–water partition coefficient (Wildman–Crippen LogP) is 1.79. The lowest BCUT2D eigenvalue weighted by molar-refractivity contribution is -0.422. The normalized spacial score (nSPS) is 15.4.